The van der Waals surface area contributed by atoms with Gasteiger partial charge < -0.3 is 15.0 Å². The van der Waals surface area contributed by atoms with Gasteiger partial charge in [-0.05, 0) is 32.1 Å². The van der Waals surface area contributed by atoms with Gasteiger partial charge in [-0.2, -0.15) is 8.78 Å². The predicted molar refractivity (Wildman–Crippen MR) is 68.6 cm³/mol. The molecule has 106 valence electrons. The van der Waals surface area contributed by atoms with Crippen LogP contribution in [0, 0.1) is 0 Å². The van der Waals surface area contributed by atoms with Crippen molar-refractivity contribution in [2.24, 2.45) is 0 Å². The Morgan fingerprint density at radius 3 is 2.74 bits per heavy atom. The molecule has 1 amide bonds. The third-order valence-corrected chi connectivity index (χ3v) is 2.60. The maximum absolute atomic E-state index is 12.3. The topological polar surface area (TPSA) is 41.6 Å². The van der Waals surface area contributed by atoms with E-state index in [2.05, 4.69) is 10.1 Å². The lowest BCUT2D eigenvalue weighted by Crippen LogP contribution is -2.29. The summed E-state index contributed by atoms with van der Waals surface area (Å²) in [4.78, 5) is 13.6. The molecule has 0 saturated heterocycles. The first-order chi connectivity index (χ1) is 9.06. The molecule has 1 aromatic rings. The fourth-order valence-corrected chi connectivity index (χ4v) is 1.64. The minimum atomic E-state index is -2.94. The largest absolute Gasteiger partial charge is 0.434 e. The quantitative estimate of drug-likeness (QED) is 0.772. The van der Waals surface area contributed by atoms with Gasteiger partial charge in [0.25, 0.3) is 5.91 Å². The summed E-state index contributed by atoms with van der Waals surface area (Å²) in [5.74, 6) is -0.421. The maximum atomic E-state index is 12.3. The van der Waals surface area contributed by atoms with Gasteiger partial charge in [0, 0.05) is 13.6 Å². The lowest BCUT2D eigenvalue weighted by Gasteiger charge is -2.18. The third-order valence-electron chi connectivity index (χ3n) is 2.60. The summed E-state index contributed by atoms with van der Waals surface area (Å²) in [7, 11) is 3.46. The molecule has 0 heterocycles. The van der Waals surface area contributed by atoms with Crippen LogP contribution in [0.15, 0.2) is 24.3 Å². The van der Waals surface area contributed by atoms with E-state index in [1.54, 1.807) is 19.2 Å². The molecule has 0 radical (unpaired) electrons. The Labute approximate surface area is 111 Å². The summed E-state index contributed by atoms with van der Waals surface area (Å²) in [6.45, 7) is -1.61. The van der Waals surface area contributed by atoms with Crippen LogP contribution in [0.4, 0.5) is 8.78 Å². The fraction of sp³-hybridized carbons (Fsp3) is 0.462. The first kappa shape index (κ1) is 15.4. The van der Waals surface area contributed by atoms with Crippen molar-refractivity contribution in [3.05, 3.63) is 29.8 Å². The van der Waals surface area contributed by atoms with Gasteiger partial charge in [-0.25, -0.2) is 0 Å². The highest BCUT2D eigenvalue weighted by Crippen LogP contribution is 2.21. The van der Waals surface area contributed by atoms with Crippen LogP contribution in [0.3, 0.4) is 0 Å². The summed E-state index contributed by atoms with van der Waals surface area (Å²) in [6, 6.07) is 6.01. The van der Waals surface area contributed by atoms with E-state index in [-0.39, 0.29) is 17.2 Å². The first-order valence-electron chi connectivity index (χ1n) is 6.00. The third kappa shape index (κ3) is 4.82. The van der Waals surface area contributed by atoms with E-state index in [4.69, 9.17) is 0 Å². The minimum Gasteiger partial charge on any atom is -0.434 e. The van der Waals surface area contributed by atoms with Crippen LogP contribution in [0.1, 0.15) is 16.8 Å². The summed E-state index contributed by atoms with van der Waals surface area (Å²) >= 11 is 0. The second kappa shape index (κ2) is 7.68. The smallest absolute Gasteiger partial charge is 0.387 e. The average molecular weight is 272 g/mol. The van der Waals surface area contributed by atoms with Crippen molar-refractivity contribution in [3.8, 4) is 5.75 Å². The van der Waals surface area contributed by atoms with Crippen LogP contribution in [-0.2, 0) is 0 Å². The zero-order chi connectivity index (χ0) is 14.3. The number of carbonyl (C=O) groups is 1. The van der Waals surface area contributed by atoms with Gasteiger partial charge in [-0.15, -0.1) is 0 Å². The highest BCUT2D eigenvalue weighted by Gasteiger charge is 2.18. The molecule has 6 heteroatoms. The van der Waals surface area contributed by atoms with E-state index in [0.29, 0.717) is 6.54 Å². The number of alkyl halides is 2. The normalized spacial score (nSPS) is 10.6. The average Bonchev–Trinajstić information content (AvgIpc) is 2.38. The Kier molecular flexibility index (Phi) is 6.21. The molecule has 0 aliphatic carbocycles. The second-order valence-electron chi connectivity index (χ2n) is 4.06. The number of para-hydroxylation sites is 1. The molecular formula is C13H18F2N2O2. The fourth-order valence-electron chi connectivity index (χ4n) is 1.64. The summed E-state index contributed by atoms with van der Waals surface area (Å²) in [6.07, 6.45) is 0.788. The molecule has 0 bridgehead atoms. The monoisotopic (exact) mass is 272 g/mol. The van der Waals surface area contributed by atoms with Gasteiger partial charge in [-0.3, -0.25) is 4.79 Å². The molecule has 0 saturated carbocycles. The van der Waals surface area contributed by atoms with E-state index < -0.39 is 6.61 Å². The number of benzene rings is 1. The Balaban J connectivity index is 2.75. The number of halogens is 2. The molecule has 19 heavy (non-hydrogen) atoms. The van der Waals surface area contributed by atoms with Crippen LogP contribution in [0.5, 0.6) is 5.75 Å². The molecule has 0 fully saturated rings. The number of nitrogens with zero attached hydrogens (tertiary/aromatic N) is 1. The first-order valence-corrected chi connectivity index (χ1v) is 6.00. The van der Waals surface area contributed by atoms with Gasteiger partial charge in [0.15, 0.2) is 0 Å². The van der Waals surface area contributed by atoms with Gasteiger partial charge in [-0.1, -0.05) is 12.1 Å². The summed E-state index contributed by atoms with van der Waals surface area (Å²) in [5, 5.41) is 2.98. The van der Waals surface area contributed by atoms with Crippen LogP contribution < -0.4 is 10.1 Å². The van der Waals surface area contributed by atoms with Crippen LogP contribution >= 0.6 is 0 Å². The van der Waals surface area contributed by atoms with Crippen molar-refractivity contribution in [1.29, 1.82) is 0 Å². The zero-order valence-corrected chi connectivity index (χ0v) is 11.0. The number of amides is 1. The maximum Gasteiger partial charge on any atom is 0.387 e. The predicted octanol–water partition coefficient (Wildman–Crippen LogP) is 1.97. The van der Waals surface area contributed by atoms with E-state index in [9.17, 15) is 13.6 Å². The van der Waals surface area contributed by atoms with Gasteiger partial charge in [0.05, 0.1) is 5.56 Å². The Morgan fingerprint density at radius 2 is 2.11 bits per heavy atom. The molecular weight excluding hydrogens is 254 g/mol. The molecule has 1 N–H and O–H groups in total. The lowest BCUT2D eigenvalue weighted by atomic mass is 10.1. The number of ether oxygens (including phenoxy) is 1. The number of carbonyl (C=O) groups excluding carboxylic acids is 1. The van der Waals surface area contributed by atoms with Crippen molar-refractivity contribution in [2.75, 3.05) is 27.2 Å². The Hall–Kier alpha value is -1.69. The zero-order valence-electron chi connectivity index (χ0n) is 11.0. The van der Waals surface area contributed by atoms with Gasteiger partial charge in [0.2, 0.25) is 0 Å². The molecule has 1 rings (SSSR count). The minimum absolute atomic E-state index is 0.0945. The number of hydrogen-bond donors (Lipinski definition) is 1. The van der Waals surface area contributed by atoms with E-state index in [1.165, 1.54) is 17.0 Å². The van der Waals surface area contributed by atoms with E-state index >= 15 is 0 Å². The summed E-state index contributed by atoms with van der Waals surface area (Å²) in [5.41, 5.74) is 0.148. The highest BCUT2D eigenvalue weighted by molar-refractivity contribution is 5.96. The van der Waals surface area contributed by atoms with E-state index in [0.717, 1.165) is 13.0 Å². The Morgan fingerprint density at radius 1 is 1.42 bits per heavy atom. The molecule has 0 atom stereocenters. The molecule has 0 unspecified atom stereocenters. The molecule has 0 aromatic heterocycles. The highest BCUT2D eigenvalue weighted by atomic mass is 19.3. The lowest BCUT2D eigenvalue weighted by molar-refractivity contribution is -0.0502. The van der Waals surface area contributed by atoms with Crippen molar-refractivity contribution in [3.63, 3.8) is 0 Å². The van der Waals surface area contributed by atoms with Crippen molar-refractivity contribution >= 4 is 5.91 Å². The number of nitrogens with one attached hydrogen (secondary N) is 1. The van der Waals surface area contributed by atoms with Crippen LogP contribution in [0.2, 0.25) is 0 Å². The van der Waals surface area contributed by atoms with Crippen molar-refractivity contribution in [2.45, 2.75) is 13.0 Å². The van der Waals surface area contributed by atoms with E-state index in [1.807, 2.05) is 7.05 Å². The van der Waals surface area contributed by atoms with Crippen LogP contribution in [0.25, 0.3) is 0 Å². The molecule has 0 aliphatic rings. The SMILES string of the molecule is CNCCCN(C)C(=O)c1ccccc1OC(F)F. The molecule has 4 nitrogen and oxygen atoms in total. The van der Waals surface area contributed by atoms with Crippen LogP contribution in [-0.4, -0.2) is 44.6 Å². The van der Waals surface area contributed by atoms with Gasteiger partial charge in [0.1, 0.15) is 5.75 Å². The molecule has 0 aliphatic heterocycles. The molecule has 1 aromatic carbocycles. The molecule has 0 spiro atoms. The Bertz CT molecular complexity index is 413. The van der Waals surface area contributed by atoms with Crippen molar-refractivity contribution < 1.29 is 18.3 Å². The number of hydrogen-bond acceptors (Lipinski definition) is 3. The standard InChI is InChI=1S/C13H18F2N2O2/c1-16-8-5-9-17(2)12(18)10-6-3-4-7-11(10)19-13(14)15/h3-4,6-7,13,16H,5,8-9H2,1-2H3. The van der Waals surface area contributed by atoms with Gasteiger partial charge >= 0.3 is 6.61 Å². The second-order valence-corrected chi connectivity index (χ2v) is 4.06. The number of rotatable bonds is 7. The van der Waals surface area contributed by atoms with Crippen molar-refractivity contribution in [1.82, 2.24) is 10.2 Å². The summed E-state index contributed by atoms with van der Waals surface area (Å²) < 4.78 is 28.9.